The molecule has 1 nitrogen and oxygen atoms in total. The molecule has 0 amide bonds. The SMILES string of the molecule is Cc1ccc(C(=O)C2CCCCC2)cc1Cl. The van der Waals surface area contributed by atoms with Crippen LogP contribution in [0.5, 0.6) is 0 Å². The third-order valence-electron chi connectivity index (χ3n) is 3.43. The van der Waals surface area contributed by atoms with Crippen LogP contribution in [0.4, 0.5) is 0 Å². The molecule has 0 atom stereocenters. The third-order valence-corrected chi connectivity index (χ3v) is 3.84. The number of benzene rings is 1. The van der Waals surface area contributed by atoms with Gasteiger partial charge in [-0.25, -0.2) is 0 Å². The quantitative estimate of drug-likeness (QED) is 0.695. The summed E-state index contributed by atoms with van der Waals surface area (Å²) in [5.74, 6) is 0.508. The summed E-state index contributed by atoms with van der Waals surface area (Å²) in [5, 5.41) is 0.696. The van der Waals surface area contributed by atoms with Crippen molar-refractivity contribution in [3.05, 3.63) is 34.3 Å². The predicted octanol–water partition coefficient (Wildman–Crippen LogP) is 4.41. The second-order valence-corrected chi connectivity index (χ2v) is 5.07. The van der Waals surface area contributed by atoms with Crippen LogP contribution in [0, 0.1) is 12.8 Å². The van der Waals surface area contributed by atoms with Gasteiger partial charge in [-0.15, -0.1) is 0 Å². The number of aryl methyl sites for hydroxylation is 1. The molecule has 1 aliphatic carbocycles. The summed E-state index contributed by atoms with van der Waals surface area (Å²) >= 11 is 6.04. The molecule has 86 valence electrons. The lowest BCUT2D eigenvalue weighted by Crippen LogP contribution is -2.17. The van der Waals surface area contributed by atoms with Gasteiger partial charge in [-0.3, -0.25) is 4.79 Å². The molecule has 0 heterocycles. The molecule has 0 unspecified atom stereocenters. The van der Waals surface area contributed by atoms with E-state index in [0.717, 1.165) is 24.0 Å². The highest BCUT2D eigenvalue weighted by atomic mass is 35.5. The number of Topliss-reactive ketones (excluding diaryl/α,β-unsaturated/α-hetero) is 1. The van der Waals surface area contributed by atoms with Crippen LogP contribution in [0.15, 0.2) is 18.2 Å². The van der Waals surface area contributed by atoms with E-state index in [4.69, 9.17) is 11.6 Å². The first-order valence-corrected chi connectivity index (χ1v) is 6.36. The monoisotopic (exact) mass is 236 g/mol. The van der Waals surface area contributed by atoms with Crippen LogP contribution in [-0.4, -0.2) is 5.78 Å². The number of hydrogen-bond donors (Lipinski definition) is 0. The number of rotatable bonds is 2. The maximum Gasteiger partial charge on any atom is 0.165 e. The molecule has 1 fully saturated rings. The van der Waals surface area contributed by atoms with E-state index >= 15 is 0 Å². The van der Waals surface area contributed by atoms with E-state index in [0.29, 0.717) is 5.02 Å². The lowest BCUT2D eigenvalue weighted by atomic mass is 9.84. The molecule has 0 saturated heterocycles. The van der Waals surface area contributed by atoms with Gasteiger partial charge in [0, 0.05) is 16.5 Å². The minimum absolute atomic E-state index is 0.229. The normalized spacial score (nSPS) is 17.4. The van der Waals surface area contributed by atoms with Crippen molar-refractivity contribution < 1.29 is 4.79 Å². The first kappa shape index (κ1) is 11.7. The average molecular weight is 237 g/mol. The predicted molar refractivity (Wildman–Crippen MR) is 67.1 cm³/mol. The smallest absolute Gasteiger partial charge is 0.165 e. The molecule has 0 spiro atoms. The Labute approximate surface area is 102 Å². The molecule has 0 bridgehead atoms. The Balaban J connectivity index is 2.16. The van der Waals surface area contributed by atoms with Crippen molar-refractivity contribution >= 4 is 17.4 Å². The van der Waals surface area contributed by atoms with Gasteiger partial charge in [0.1, 0.15) is 0 Å². The van der Waals surface area contributed by atoms with Gasteiger partial charge in [0.15, 0.2) is 5.78 Å². The second-order valence-electron chi connectivity index (χ2n) is 4.66. The Bertz CT molecular complexity index is 392. The van der Waals surface area contributed by atoms with Gasteiger partial charge >= 0.3 is 0 Å². The van der Waals surface area contributed by atoms with Crippen molar-refractivity contribution in [1.29, 1.82) is 0 Å². The molecule has 2 heteroatoms. The third kappa shape index (κ3) is 2.46. The largest absolute Gasteiger partial charge is 0.294 e. The molecule has 0 radical (unpaired) electrons. The highest BCUT2D eigenvalue weighted by molar-refractivity contribution is 6.31. The highest BCUT2D eigenvalue weighted by Crippen LogP contribution is 2.28. The van der Waals surface area contributed by atoms with Gasteiger partial charge in [0.2, 0.25) is 0 Å². The molecule has 2 rings (SSSR count). The van der Waals surface area contributed by atoms with Crippen molar-refractivity contribution in [2.75, 3.05) is 0 Å². The lowest BCUT2D eigenvalue weighted by molar-refractivity contribution is 0.0889. The van der Waals surface area contributed by atoms with Crippen molar-refractivity contribution in [3.63, 3.8) is 0 Å². The van der Waals surface area contributed by atoms with E-state index in [-0.39, 0.29) is 11.7 Å². The fourth-order valence-corrected chi connectivity index (χ4v) is 2.53. The summed E-state index contributed by atoms with van der Waals surface area (Å²) in [7, 11) is 0. The standard InChI is InChI=1S/C14H17ClO/c1-10-7-8-12(9-13(10)15)14(16)11-5-3-2-4-6-11/h7-9,11H,2-6H2,1H3. The fraction of sp³-hybridized carbons (Fsp3) is 0.500. The van der Waals surface area contributed by atoms with Crippen molar-refractivity contribution in [3.8, 4) is 0 Å². The average Bonchev–Trinajstić information content (AvgIpc) is 2.33. The molecule has 1 aromatic carbocycles. The highest BCUT2D eigenvalue weighted by Gasteiger charge is 2.22. The van der Waals surface area contributed by atoms with Gasteiger partial charge < -0.3 is 0 Å². The summed E-state index contributed by atoms with van der Waals surface area (Å²) in [6.07, 6.45) is 5.75. The van der Waals surface area contributed by atoms with E-state index in [9.17, 15) is 4.79 Å². The Morgan fingerprint density at radius 2 is 1.94 bits per heavy atom. The zero-order valence-electron chi connectivity index (χ0n) is 9.63. The number of ketones is 1. The van der Waals surface area contributed by atoms with E-state index in [2.05, 4.69) is 0 Å². The molecule has 1 aromatic rings. The number of hydrogen-bond acceptors (Lipinski definition) is 1. The van der Waals surface area contributed by atoms with Crippen LogP contribution in [-0.2, 0) is 0 Å². The summed E-state index contributed by atoms with van der Waals surface area (Å²) in [6.45, 7) is 1.96. The number of halogens is 1. The van der Waals surface area contributed by atoms with Crippen molar-refractivity contribution in [2.45, 2.75) is 39.0 Å². The first-order chi connectivity index (χ1) is 7.68. The van der Waals surface area contributed by atoms with E-state index in [1.165, 1.54) is 19.3 Å². The maximum absolute atomic E-state index is 12.2. The first-order valence-electron chi connectivity index (χ1n) is 5.99. The van der Waals surface area contributed by atoms with Crippen LogP contribution in [0.2, 0.25) is 5.02 Å². The van der Waals surface area contributed by atoms with Gasteiger partial charge in [-0.05, 0) is 31.4 Å². The van der Waals surface area contributed by atoms with Crippen molar-refractivity contribution in [1.82, 2.24) is 0 Å². The summed E-state index contributed by atoms with van der Waals surface area (Å²) in [4.78, 5) is 12.2. The van der Waals surface area contributed by atoms with Crippen molar-refractivity contribution in [2.24, 2.45) is 5.92 Å². The zero-order chi connectivity index (χ0) is 11.5. The summed E-state index contributed by atoms with van der Waals surface area (Å²) < 4.78 is 0. The molecular formula is C14H17ClO. The topological polar surface area (TPSA) is 17.1 Å². The van der Waals surface area contributed by atoms with Crippen LogP contribution < -0.4 is 0 Å². The second kappa shape index (κ2) is 5.01. The molecule has 0 N–H and O–H groups in total. The maximum atomic E-state index is 12.2. The molecule has 0 aliphatic heterocycles. The van der Waals surface area contributed by atoms with Gasteiger partial charge in [-0.2, -0.15) is 0 Å². The summed E-state index contributed by atoms with van der Waals surface area (Å²) in [5.41, 5.74) is 1.81. The minimum Gasteiger partial charge on any atom is -0.294 e. The fourth-order valence-electron chi connectivity index (χ4n) is 2.35. The van der Waals surface area contributed by atoms with Crippen LogP contribution in [0.3, 0.4) is 0 Å². The Kier molecular flexibility index (Phi) is 3.65. The molecule has 1 saturated carbocycles. The van der Waals surface area contributed by atoms with E-state index in [1.807, 2.05) is 25.1 Å². The lowest BCUT2D eigenvalue weighted by Gasteiger charge is -2.20. The molecule has 1 aliphatic rings. The molecule has 0 aromatic heterocycles. The Morgan fingerprint density at radius 3 is 2.56 bits per heavy atom. The van der Waals surface area contributed by atoms with Gasteiger partial charge in [0.05, 0.1) is 0 Å². The van der Waals surface area contributed by atoms with E-state index < -0.39 is 0 Å². The Hall–Kier alpha value is -0.820. The zero-order valence-corrected chi connectivity index (χ0v) is 10.4. The minimum atomic E-state index is 0.229. The van der Waals surface area contributed by atoms with Crippen LogP contribution >= 0.6 is 11.6 Å². The van der Waals surface area contributed by atoms with Gasteiger partial charge in [-0.1, -0.05) is 43.0 Å². The molecule has 16 heavy (non-hydrogen) atoms. The van der Waals surface area contributed by atoms with Gasteiger partial charge in [0.25, 0.3) is 0 Å². The number of carbonyl (C=O) groups excluding carboxylic acids is 1. The Morgan fingerprint density at radius 1 is 1.25 bits per heavy atom. The van der Waals surface area contributed by atoms with E-state index in [1.54, 1.807) is 0 Å². The number of carbonyl (C=O) groups is 1. The van der Waals surface area contributed by atoms with Crippen LogP contribution in [0.1, 0.15) is 48.0 Å². The summed E-state index contributed by atoms with van der Waals surface area (Å²) in [6, 6.07) is 5.64. The molecular weight excluding hydrogens is 220 g/mol. The van der Waals surface area contributed by atoms with Crippen LogP contribution in [0.25, 0.3) is 0 Å².